The molecule has 1 aliphatic heterocycles. The number of nitrogens with one attached hydrogen (secondary N) is 1. The molecule has 0 spiro atoms. The van der Waals surface area contributed by atoms with Crippen molar-refractivity contribution in [2.24, 2.45) is 5.73 Å². The number of nitrogen functional groups attached to an aromatic ring is 1. The van der Waals surface area contributed by atoms with E-state index in [2.05, 4.69) is 15.2 Å². The number of nitrogens with two attached hydrogens (primary N) is 2. The van der Waals surface area contributed by atoms with Crippen LogP contribution in [0.1, 0.15) is 16.8 Å². The Hall–Kier alpha value is -1.86. The number of carbonyl (C=O) groups is 1. The minimum absolute atomic E-state index is 0.302. The Labute approximate surface area is 118 Å². The summed E-state index contributed by atoms with van der Waals surface area (Å²) in [5.74, 6) is 0.0799. The molecular weight excluding hydrogens is 258 g/mol. The van der Waals surface area contributed by atoms with Crippen LogP contribution in [0.25, 0.3) is 0 Å². The summed E-state index contributed by atoms with van der Waals surface area (Å²) in [6.07, 6.45) is 2.45. The second-order valence-electron chi connectivity index (χ2n) is 4.76. The molecule has 0 atom stereocenters. The normalized spacial score (nSPS) is 16.0. The third-order valence-corrected chi connectivity index (χ3v) is 3.26. The smallest absolute Gasteiger partial charge is 0.250 e. The zero-order valence-electron chi connectivity index (χ0n) is 11.5. The molecule has 7 heteroatoms. The van der Waals surface area contributed by atoms with Crippen molar-refractivity contribution in [1.82, 2.24) is 9.88 Å². The zero-order chi connectivity index (χ0) is 14.4. The average Bonchev–Trinajstić information content (AvgIpc) is 2.46. The van der Waals surface area contributed by atoms with Gasteiger partial charge in [-0.1, -0.05) is 0 Å². The Balaban J connectivity index is 1.76. The quantitative estimate of drug-likeness (QED) is 0.628. The maximum atomic E-state index is 11.2. The van der Waals surface area contributed by atoms with Crippen LogP contribution in [-0.4, -0.2) is 55.2 Å². The van der Waals surface area contributed by atoms with Gasteiger partial charge in [-0.15, -0.1) is 0 Å². The van der Waals surface area contributed by atoms with Crippen molar-refractivity contribution < 1.29 is 9.53 Å². The van der Waals surface area contributed by atoms with Gasteiger partial charge in [0.2, 0.25) is 0 Å². The number of aromatic nitrogens is 1. The number of ether oxygens (including phenoxy) is 1. The molecule has 0 radical (unpaired) electrons. The minimum Gasteiger partial charge on any atom is -0.397 e. The molecule has 1 aliphatic rings. The summed E-state index contributed by atoms with van der Waals surface area (Å²) in [7, 11) is 0. The highest BCUT2D eigenvalue weighted by molar-refractivity contribution is 5.98. The molecule has 1 aromatic rings. The van der Waals surface area contributed by atoms with Gasteiger partial charge < -0.3 is 21.5 Å². The molecule has 1 fully saturated rings. The number of pyridine rings is 1. The van der Waals surface area contributed by atoms with Crippen LogP contribution in [0.3, 0.4) is 0 Å². The van der Waals surface area contributed by atoms with Crippen LogP contribution in [0.15, 0.2) is 12.3 Å². The van der Waals surface area contributed by atoms with E-state index in [9.17, 15) is 4.79 Å². The van der Waals surface area contributed by atoms with E-state index in [0.717, 1.165) is 45.8 Å². The fourth-order valence-corrected chi connectivity index (χ4v) is 2.12. The summed E-state index contributed by atoms with van der Waals surface area (Å²) >= 11 is 0. The second kappa shape index (κ2) is 7.06. The van der Waals surface area contributed by atoms with E-state index in [-0.39, 0.29) is 0 Å². The molecule has 0 bridgehead atoms. The van der Waals surface area contributed by atoms with E-state index in [1.165, 1.54) is 6.20 Å². The second-order valence-corrected chi connectivity index (χ2v) is 4.76. The molecule has 0 aliphatic carbocycles. The van der Waals surface area contributed by atoms with Gasteiger partial charge in [-0.3, -0.25) is 9.69 Å². The van der Waals surface area contributed by atoms with E-state index >= 15 is 0 Å². The first-order valence-corrected chi connectivity index (χ1v) is 6.76. The fraction of sp³-hybridized carbons (Fsp3) is 0.538. The Morgan fingerprint density at radius 3 is 2.90 bits per heavy atom. The summed E-state index contributed by atoms with van der Waals surface area (Å²) in [5, 5.41) is 3.17. The molecule has 0 aromatic carbocycles. The predicted molar refractivity (Wildman–Crippen MR) is 77.5 cm³/mol. The monoisotopic (exact) mass is 279 g/mol. The van der Waals surface area contributed by atoms with Crippen LogP contribution in [0.2, 0.25) is 0 Å². The van der Waals surface area contributed by atoms with Crippen molar-refractivity contribution in [3.8, 4) is 0 Å². The summed E-state index contributed by atoms with van der Waals surface area (Å²) in [5.41, 5.74) is 11.5. The highest BCUT2D eigenvalue weighted by atomic mass is 16.5. The molecule has 20 heavy (non-hydrogen) atoms. The lowest BCUT2D eigenvalue weighted by atomic mass is 10.2. The number of hydrogen-bond acceptors (Lipinski definition) is 6. The van der Waals surface area contributed by atoms with Gasteiger partial charge in [-0.2, -0.15) is 0 Å². The van der Waals surface area contributed by atoms with Crippen LogP contribution >= 0.6 is 0 Å². The van der Waals surface area contributed by atoms with Crippen molar-refractivity contribution in [1.29, 1.82) is 0 Å². The maximum Gasteiger partial charge on any atom is 0.250 e. The molecule has 2 rings (SSSR count). The van der Waals surface area contributed by atoms with Gasteiger partial charge in [0.25, 0.3) is 5.91 Å². The van der Waals surface area contributed by atoms with Gasteiger partial charge in [0.15, 0.2) is 0 Å². The Bertz CT molecular complexity index is 460. The number of hydrogen-bond donors (Lipinski definition) is 3. The van der Waals surface area contributed by atoms with Gasteiger partial charge >= 0.3 is 0 Å². The largest absolute Gasteiger partial charge is 0.397 e. The van der Waals surface area contributed by atoms with Crippen LogP contribution < -0.4 is 16.8 Å². The van der Waals surface area contributed by atoms with Crippen LogP contribution in [0, 0.1) is 0 Å². The molecule has 5 N–H and O–H groups in total. The van der Waals surface area contributed by atoms with Crippen molar-refractivity contribution in [3.63, 3.8) is 0 Å². The zero-order valence-corrected chi connectivity index (χ0v) is 11.5. The topological polar surface area (TPSA) is 106 Å². The van der Waals surface area contributed by atoms with Gasteiger partial charge in [0.05, 0.1) is 30.7 Å². The average molecular weight is 279 g/mol. The highest BCUT2D eigenvalue weighted by Crippen LogP contribution is 2.14. The van der Waals surface area contributed by atoms with Gasteiger partial charge in [-0.05, 0) is 19.0 Å². The molecule has 110 valence electrons. The van der Waals surface area contributed by atoms with Crippen molar-refractivity contribution >= 4 is 17.4 Å². The van der Waals surface area contributed by atoms with Crippen LogP contribution in [0.5, 0.6) is 0 Å². The maximum absolute atomic E-state index is 11.2. The number of primary amides is 1. The van der Waals surface area contributed by atoms with Crippen molar-refractivity contribution in [2.75, 3.05) is 50.4 Å². The fourth-order valence-electron chi connectivity index (χ4n) is 2.12. The summed E-state index contributed by atoms with van der Waals surface area (Å²) in [6, 6.07) is 1.59. The number of nitrogens with zero attached hydrogens (tertiary/aromatic N) is 2. The molecule has 2 heterocycles. The predicted octanol–water partition coefficient (Wildman–Crippen LogP) is -0.103. The molecule has 1 aromatic heterocycles. The highest BCUT2D eigenvalue weighted by Gasteiger charge is 2.10. The van der Waals surface area contributed by atoms with E-state index in [4.69, 9.17) is 16.2 Å². The van der Waals surface area contributed by atoms with Crippen LogP contribution in [-0.2, 0) is 4.74 Å². The summed E-state index contributed by atoms with van der Waals surface area (Å²) < 4.78 is 5.30. The van der Waals surface area contributed by atoms with Gasteiger partial charge in [0.1, 0.15) is 5.82 Å². The van der Waals surface area contributed by atoms with Gasteiger partial charge in [0, 0.05) is 19.6 Å². The van der Waals surface area contributed by atoms with E-state index in [0.29, 0.717) is 17.1 Å². The molecular formula is C13H21N5O2. The van der Waals surface area contributed by atoms with Crippen molar-refractivity contribution in [2.45, 2.75) is 6.42 Å². The van der Waals surface area contributed by atoms with E-state index < -0.39 is 5.91 Å². The Kier molecular flexibility index (Phi) is 5.14. The lowest BCUT2D eigenvalue weighted by Crippen LogP contribution is -2.37. The summed E-state index contributed by atoms with van der Waals surface area (Å²) in [6.45, 7) is 5.42. The Morgan fingerprint density at radius 2 is 2.20 bits per heavy atom. The van der Waals surface area contributed by atoms with E-state index in [1.807, 2.05) is 0 Å². The number of rotatable bonds is 6. The number of morpholine rings is 1. The first-order chi connectivity index (χ1) is 9.66. The van der Waals surface area contributed by atoms with E-state index in [1.54, 1.807) is 6.07 Å². The lowest BCUT2D eigenvalue weighted by molar-refractivity contribution is 0.0378. The summed E-state index contributed by atoms with van der Waals surface area (Å²) in [4.78, 5) is 17.7. The molecule has 1 saturated heterocycles. The van der Waals surface area contributed by atoms with Gasteiger partial charge in [-0.25, -0.2) is 4.98 Å². The lowest BCUT2D eigenvalue weighted by Gasteiger charge is -2.26. The Morgan fingerprint density at radius 1 is 1.45 bits per heavy atom. The third-order valence-electron chi connectivity index (χ3n) is 3.26. The number of carbonyl (C=O) groups excluding carboxylic acids is 1. The number of anilines is 2. The minimum atomic E-state index is -0.540. The molecule has 0 unspecified atom stereocenters. The van der Waals surface area contributed by atoms with Crippen molar-refractivity contribution in [3.05, 3.63) is 17.8 Å². The molecule has 1 amide bonds. The number of amides is 1. The first-order valence-electron chi connectivity index (χ1n) is 6.76. The SMILES string of the molecule is NC(=O)c1cc(NCCCN2CCOCC2)ncc1N. The molecule has 0 saturated carbocycles. The molecule has 7 nitrogen and oxygen atoms in total. The third kappa shape index (κ3) is 4.07. The van der Waals surface area contributed by atoms with Crippen LogP contribution in [0.4, 0.5) is 11.5 Å². The first kappa shape index (κ1) is 14.5. The standard InChI is InChI=1S/C13H21N5O2/c14-11-9-17-12(8-10(11)13(15)19)16-2-1-3-18-4-6-20-7-5-18/h8-9H,1-7,14H2,(H2,15,19)(H,16,17).